The van der Waals surface area contributed by atoms with E-state index < -0.39 is 0 Å². The zero-order valence-electron chi connectivity index (χ0n) is 10.5. The number of hydrogen-bond acceptors (Lipinski definition) is 3. The van der Waals surface area contributed by atoms with Crippen molar-refractivity contribution < 1.29 is 9.84 Å². The molecule has 0 spiro atoms. The number of ether oxygens (including phenoxy) is 1. The van der Waals surface area contributed by atoms with Crippen LogP contribution < -0.4 is 5.32 Å². The van der Waals surface area contributed by atoms with Crippen LogP contribution in [-0.4, -0.2) is 37.0 Å². The number of hydrogen-bond donors (Lipinski definition) is 2. The summed E-state index contributed by atoms with van der Waals surface area (Å²) in [4.78, 5) is 0. The van der Waals surface area contributed by atoms with Crippen LogP contribution in [0.2, 0.25) is 0 Å². The first-order chi connectivity index (χ1) is 7.70. The number of fused-ring (bicyclic) bond motifs is 1. The van der Waals surface area contributed by atoms with Gasteiger partial charge in [0, 0.05) is 13.2 Å². The Morgan fingerprint density at radius 3 is 2.94 bits per heavy atom. The highest BCUT2D eigenvalue weighted by Crippen LogP contribution is 2.33. The maximum absolute atomic E-state index is 9.27. The maximum Gasteiger partial charge on any atom is 0.0790 e. The zero-order valence-corrected chi connectivity index (χ0v) is 10.5. The van der Waals surface area contributed by atoms with Gasteiger partial charge in [-0.05, 0) is 37.0 Å². The van der Waals surface area contributed by atoms with E-state index in [0.717, 1.165) is 25.0 Å². The van der Waals surface area contributed by atoms with Gasteiger partial charge in [0.15, 0.2) is 0 Å². The number of rotatable bonds is 3. The zero-order chi connectivity index (χ0) is 11.5. The Balaban J connectivity index is 1.92. The molecule has 0 aromatic carbocycles. The van der Waals surface area contributed by atoms with E-state index in [9.17, 15) is 5.11 Å². The molecular formula is C13H25NO2. The van der Waals surface area contributed by atoms with Crippen LogP contribution in [0.5, 0.6) is 0 Å². The van der Waals surface area contributed by atoms with Crippen LogP contribution in [0.15, 0.2) is 0 Å². The van der Waals surface area contributed by atoms with Crippen molar-refractivity contribution in [2.75, 3.05) is 19.8 Å². The van der Waals surface area contributed by atoms with E-state index in [4.69, 9.17) is 4.74 Å². The molecule has 2 aliphatic heterocycles. The fourth-order valence-corrected chi connectivity index (χ4v) is 3.30. The van der Waals surface area contributed by atoms with Gasteiger partial charge in [0.25, 0.3) is 0 Å². The molecule has 94 valence electrons. The fourth-order valence-electron chi connectivity index (χ4n) is 3.30. The van der Waals surface area contributed by atoms with Crippen LogP contribution in [0.25, 0.3) is 0 Å². The van der Waals surface area contributed by atoms with E-state index in [1.54, 1.807) is 0 Å². The Morgan fingerprint density at radius 2 is 2.25 bits per heavy atom. The summed E-state index contributed by atoms with van der Waals surface area (Å²) >= 11 is 0. The first kappa shape index (κ1) is 12.3. The quantitative estimate of drug-likeness (QED) is 0.766. The average Bonchev–Trinajstić information content (AvgIpc) is 2.50. The summed E-state index contributed by atoms with van der Waals surface area (Å²) in [6.07, 6.45) is 4.04. The Morgan fingerprint density at radius 1 is 1.44 bits per heavy atom. The van der Waals surface area contributed by atoms with Crippen molar-refractivity contribution in [3.63, 3.8) is 0 Å². The van der Waals surface area contributed by atoms with Crippen LogP contribution in [0.4, 0.5) is 0 Å². The highest BCUT2D eigenvalue weighted by Gasteiger charge is 2.39. The van der Waals surface area contributed by atoms with Crippen molar-refractivity contribution >= 4 is 0 Å². The highest BCUT2D eigenvalue weighted by atomic mass is 16.5. The molecule has 0 aromatic heterocycles. The molecule has 0 radical (unpaired) electrons. The van der Waals surface area contributed by atoms with E-state index in [-0.39, 0.29) is 18.8 Å². The van der Waals surface area contributed by atoms with Crippen molar-refractivity contribution in [3.05, 3.63) is 0 Å². The third kappa shape index (κ3) is 2.76. The van der Waals surface area contributed by atoms with Crippen molar-refractivity contribution in [1.82, 2.24) is 5.32 Å². The van der Waals surface area contributed by atoms with Crippen LogP contribution >= 0.6 is 0 Å². The van der Waals surface area contributed by atoms with Crippen LogP contribution in [-0.2, 0) is 4.74 Å². The van der Waals surface area contributed by atoms with Gasteiger partial charge >= 0.3 is 0 Å². The third-order valence-electron chi connectivity index (χ3n) is 3.98. The second kappa shape index (κ2) is 5.48. The molecule has 2 N–H and O–H groups in total. The first-order valence-corrected chi connectivity index (χ1v) is 6.66. The SMILES string of the molecule is CC(C)CC1CCOC2C(CNC2CO)C1. The molecule has 4 atom stereocenters. The van der Waals surface area contributed by atoms with Gasteiger partial charge in [0.05, 0.1) is 18.8 Å². The molecule has 0 bridgehead atoms. The lowest BCUT2D eigenvalue weighted by Gasteiger charge is -2.21. The molecule has 0 saturated carbocycles. The molecule has 16 heavy (non-hydrogen) atoms. The molecule has 0 aromatic rings. The van der Waals surface area contributed by atoms with Gasteiger partial charge in [-0.15, -0.1) is 0 Å². The van der Waals surface area contributed by atoms with Crippen molar-refractivity contribution in [3.8, 4) is 0 Å². The van der Waals surface area contributed by atoms with Gasteiger partial charge in [-0.2, -0.15) is 0 Å². The smallest absolute Gasteiger partial charge is 0.0790 e. The minimum absolute atomic E-state index is 0.169. The Labute approximate surface area is 98.6 Å². The molecule has 2 saturated heterocycles. The lowest BCUT2D eigenvalue weighted by molar-refractivity contribution is 0.0168. The van der Waals surface area contributed by atoms with E-state index in [1.165, 1.54) is 19.3 Å². The lowest BCUT2D eigenvalue weighted by atomic mass is 9.85. The monoisotopic (exact) mass is 227 g/mol. The van der Waals surface area contributed by atoms with Gasteiger partial charge in [-0.25, -0.2) is 0 Å². The topological polar surface area (TPSA) is 41.5 Å². The van der Waals surface area contributed by atoms with Crippen molar-refractivity contribution in [1.29, 1.82) is 0 Å². The minimum atomic E-state index is 0.169. The van der Waals surface area contributed by atoms with E-state index in [0.29, 0.717) is 5.92 Å². The molecule has 2 fully saturated rings. The summed E-state index contributed by atoms with van der Waals surface area (Å²) in [5.41, 5.74) is 0. The average molecular weight is 227 g/mol. The van der Waals surface area contributed by atoms with Crippen LogP contribution in [0.1, 0.15) is 33.1 Å². The largest absolute Gasteiger partial charge is 0.395 e. The number of nitrogens with one attached hydrogen (secondary N) is 1. The maximum atomic E-state index is 9.27. The van der Waals surface area contributed by atoms with Gasteiger partial charge < -0.3 is 15.2 Å². The molecule has 0 amide bonds. The Hall–Kier alpha value is -0.120. The summed E-state index contributed by atoms with van der Waals surface area (Å²) in [5, 5.41) is 12.6. The first-order valence-electron chi connectivity index (χ1n) is 6.66. The second-order valence-electron chi connectivity index (χ2n) is 5.81. The van der Waals surface area contributed by atoms with Gasteiger partial charge in [-0.3, -0.25) is 0 Å². The standard InChI is InChI=1S/C13H25NO2/c1-9(2)5-10-3-4-16-13-11(6-10)7-14-12(13)8-15/h9-15H,3-8H2,1-2H3. The van der Waals surface area contributed by atoms with Crippen LogP contribution in [0.3, 0.4) is 0 Å². The van der Waals surface area contributed by atoms with Gasteiger partial charge in [0.1, 0.15) is 0 Å². The molecule has 2 aliphatic rings. The Bertz CT molecular complexity index is 220. The highest BCUT2D eigenvalue weighted by molar-refractivity contribution is 4.93. The molecule has 4 unspecified atom stereocenters. The normalized spacial score (nSPS) is 39.8. The third-order valence-corrected chi connectivity index (χ3v) is 3.98. The van der Waals surface area contributed by atoms with Crippen molar-refractivity contribution in [2.45, 2.75) is 45.3 Å². The summed E-state index contributed by atoms with van der Waals surface area (Å²) in [6.45, 7) is 6.69. The van der Waals surface area contributed by atoms with E-state index in [1.807, 2.05) is 0 Å². The van der Waals surface area contributed by atoms with Crippen molar-refractivity contribution in [2.24, 2.45) is 17.8 Å². The predicted octanol–water partition coefficient (Wildman–Crippen LogP) is 1.41. The fraction of sp³-hybridized carbons (Fsp3) is 1.00. The lowest BCUT2D eigenvalue weighted by Crippen LogP contribution is -2.36. The molecule has 3 heteroatoms. The summed E-state index contributed by atoms with van der Waals surface area (Å²) in [7, 11) is 0. The predicted molar refractivity (Wildman–Crippen MR) is 64.3 cm³/mol. The number of aliphatic hydroxyl groups is 1. The molecular weight excluding hydrogens is 202 g/mol. The minimum Gasteiger partial charge on any atom is -0.395 e. The van der Waals surface area contributed by atoms with Gasteiger partial charge in [-0.1, -0.05) is 13.8 Å². The number of aliphatic hydroxyl groups excluding tert-OH is 1. The second-order valence-corrected chi connectivity index (χ2v) is 5.81. The molecule has 0 aliphatic carbocycles. The van der Waals surface area contributed by atoms with E-state index in [2.05, 4.69) is 19.2 Å². The Kier molecular flexibility index (Phi) is 4.22. The summed E-state index contributed by atoms with van der Waals surface area (Å²) in [5.74, 6) is 2.21. The summed E-state index contributed by atoms with van der Waals surface area (Å²) < 4.78 is 5.92. The summed E-state index contributed by atoms with van der Waals surface area (Å²) in [6, 6.07) is 0.169. The molecule has 3 nitrogen and oxygen atoms in total. The van der Waals surface area contributed by atoms with Crippen LogP contribution in [0, 0.1) is 17.8 Å². The van der Waals surface area contributed by atoms with Gasteiger partial charge in [0.2, 0.25) is 0 Å². The molecule has 2 heterocycles. The van der Waals surface area contributed by atoms with E-state index >= 15 is 0 Å². The molecule has 2 rings (SSSR count).